The Hall–Kier alpha value is -1.84. The van der Waals surface area contributed by atoms with Crippen LogP contribution in [-0.2, 0) is 4.79 Å². The molecule has 1 aliphatic carbocycles. The minimum absolute atomic E-state index is 0.0542. The molecule has 1 saturated carbocycles. The van der Waals surface area contributed by atoms with E-state index in [1.165, 1.54) is 37.8 Å². The van der Waals surface area contributed by atoms with Crippen LogP contribution in [0, 0.1) is 17.1 Å². The molecule has 1 aromatic rings. The van der Waals surface area contributed by atoms with Crippen LogP contribution < -0.4 is 0 Å². The fourth-order valence-corrected chi connectivity index (χ4v) is 5.29. The molecular weight excluding hydrogens is 337 g/mol. The Morgan fingerprint density at radius 3 is 2.60 bits per heavy atom. The van der Waals surface area contributed by atoms with Crippen molar-refractivity contribution in [2.24, 2.45) is 0 Å². The van der Waals surface area contributed by atoms with Gasteiger partial charge in [-0.25, -0.2) is 4.39 Å². The van der Waals surface area contributed by atoms with Gasteiger partial charge in [0.2, 0.25) is 5.91 Å². The third kappa shape index (κ3) is 3.07. The van der Waals surface area contributed by atoms with Crippen LogP contribution in [-0.4, -0.2) is 34.3 Å². The van der Waals surface area contributed by atoms with Crippen LogP contribution in [0.2, 0.25) is 0 Å². The summed E-state index contributed by atoms with van der Waals surface area (Å²) in [5, 5.41) is 10.5. The van der Waals surface area contributed by atoms with Crippen molar-refractivity contribution in [3.63, 3.8) is 0 Å². The van der Waals surface area contributed by atoms with E-state index >= 15 is 0 Å². The summed E-state index contributed by atoms with van der Waals surface area (Å²) in [7, 11) is 0. The van der Waals surface area contributed by atoms with Gasteiger partial charge in [0.25, 0.3) is 0 Å². The Kier molecular flexibility index (Phi) is 4.53. The molecule has 4 nitrogen and oxygen atoms in total. The van der Waals surface area contributed by atoms with Gasteiger partial charge in [0.15, 0.2) is 0 Å². The van der Waals surface area contributed by atoms with Crippen molar-refractivity contribution in [3.05, 3.63) is 46.2 Å². The number of hydrogen-bond donors (Lipinski definition) is 0. The molecule has 0 aromatic heterocycles. The maximum Gasteiger partial charge on any atom is 0.229 e. The molecule has 0 bridgehead atoms. The summed E-state index contributed by atoms with van der Waals surface area (Å²) in [6, 6.07) is 9.02. The molecule has 25 heavy (non-hydrogen) atoms. The van der Waals surface area contributed by atoms with E-state index in [1.807, 2.05) is 0 Å². The van der Waals surface area contributed by atoms with Gasteiger partial charge in [0.1, 0.15) is 5.82 Å². The van der Waals surface area contributed by atoms with Gasteiger partial charge in [-0.2, -0.15) is 5.26 Å². The number of rotatable bonds is 2. The predicted octanol–water partition coefficient (Wildman–Crippen LogP) is 3.78. The topological polar surface area (TPSA) is 47.3 Å². The lowest BCUT2D eigenvalue weighted by molar-refractivity contribution is -0.132. The summed E-state index contributed by atoms with van der Waals surface area (Å²) >= 11 is 1.59. The standard InChI is InChI=1S/C19H20FN3OS/c20-14-7-5-13(6-8-14)16-9-18(24)23-11-22(15-3-1-2-4-15)12-25-19(23)17(16)10-21/h5-8,15-16H,1-4,9,11-12H2/t16-/m0/s1. The Balaban J connectivity index is 1.63. The Bertz CT molecular complexity index is 749. The number of benzene rings is 1. The average Bonchev–Trinajstić information content (AvgIpc) is 3.17. The summed E-state index contributed by atoms with van der Waals surface area (Å²) < 4.78 is 13.2. The van der Waals surface area contributed by atoms with Crippen molar-refractivity contribution in [2.45, 2.75) is 44.1 Å². The lowest BCUT2D eigenvalue weighted by Gasteiger charge is -2.43. The third-order valence-corrected chi connectivity index (χ3v) is 6.60. The molecule has 2 fully saturated rings. The van der Waals surface area contributed by atoms with Gasteiger partial charge in [-0.1, -0.05) is 36.7 Å². The van der Waals surface area contributed by atoms with E-state index in [-0.39, 0.29) is 24.1 Å². The summed E-state index contributed by atoms with van der Waals surface area (Å²) in [6.07, 6.45) is 5.20. The Labute approximate surface area is 151 Å². The van der Waals surface area contributed by atoms with Crippen molar-refractivity contribution in [1.29, 1.82) is 5.26 Å². The Morgan fingerprint density at radius 2 is 1.92 bits per heavy atom. The van der Waals surface area contributed by atoms with Crippen LogP contribution in [0.15, 0.2) is 34.9 Å². The largest absolute Gasteiger partial charge is 0.292 e. The fourth-order valence-electron chi connectivity index (χ4n) is 4.06. The molecule has 2 heterocycles. The lowest BCUT2D eigenvalue weighted by atomic mass is 9.86. The van der Waals surface area contributed by atoms with E-state index in [0.29, 0.717) is 18.3 Å². The summed E-state index contributed by atoms with van der Waals surface area (Å²) in [4.78, 5) is 16.9. The minimum atomic E-state index is -0.307. The minimum Gasteiger partial charge on any atom is -0.292 e. The number of carbonyl (C=O) groups is 1. The van der Waals surface area contributed by atoms with E-state index in [1.54, 1.807) is 28.8 Å². The van der Waals surface area contributed by atoms with Crippen LogP contribution in [0.5, 0.6) is 0 Å². The van der Waals surface area contributed by atoms with Crippen LogP contribution in [0.3, 0.4) is 0 Å². The van der Waals surface area contributed by atoms with Crippen LogP contribution in [0.25, 0.3) is 0 Å². The van der Waals surface area contributed by atoms with E-state index < -0.39 is 0 Å². The SMILES string of the molecule is N#CC1=C2SCN(C3CCCC3)CN2C(=O)C[C@H]1c1ccc(F)cc1. The highest BCUT2D eigenvalue weighted by Gasteiger charge is 2.39. The molecule has 1 saturated heterocycles. The molecule has 1 atom stereocenters. The molecule has 3 aliphatic rings. The molecular formula is C19H20FN3OS. The molecule has 130 valence electrons. The lowest BCUT2D eigenvalue weighted by Crippen LogP contribution is -2.50. The first-order valence-electron chi connectivity index (χ1n) is 8.74. The third-order valence-electron chi connectivity index (χ3n) is 5.43. The molecule has 4 rings (SSSR count). The second-order valence-electron chi connectivity index (χ2n) is 6.90. The van der Waals surface area contributed by atoms with Gasteiger partial charge >= 0.3 is 0 Å². The van der Waals surface area contributed by atoms with E-state index in [2.05, 4.69) is 11.0 Å². The molecule has 2 aliphatic heterocycles. The van der Waals surface area contributed by atoms with Crippen molar-refractivity contribution >= 4 is 17.7 Å². The Morgan fingerprint density at radius 1 is 1.20 bits per heavy atom. The monoisotopic (exact) mass is 357 g/mol. The first-order valence-corrected chi connectivity index (χ1v) is 9.73. The van der Waals surface area contributed by atoms with Crippen molar-refractivity contribution in [3.8, 4) is 6.07 Å². The molecule has 0 radical (unpaired) electrons. The molecule has 1 aromatic carbocycles. The average molecular weight is 357 g/mol. The highest BCUT2D eigenvalue weighted by molar-refractivity contribution is 8.03. The molecule has 1 amide bonds. The van der Waals surface area contributed by atoms with Crippen LogP contribution in [0.4, 0.5) is 4.39 Å². The molecule has 0 N–H and O–H groups in total. The number of halogens is 1. The number of amides is 1. The van der Waals surface area contributed by atoms with Crippen LogP contribution >= 0.6 is 11.8 Å². The number of carbonyl (C=O) groups excluding carboxylic acids is 1. The summed E-state index contributed by atoms with van der Waals surface area (Å²) in [6.45, 7) is 0.590. The number of thioether (sulfide) groups is 1. The zero-order valence-electron chi connectivity index (χ0n) is 13.9. The van der Waals surface area contributed by atoms with Gasteiger partial charge in [0, 0.05) is 18.4 Å². The number of nitriles is 1. The number of fused-ring (bicyclic) bond motifs is 1. The van der Waals surface area contributed by atoms with Gasteiger partial charge in [-0.05, 0) is 30.5 Å². The quantitative estimate of drug-likeness (QED) is 0.808. The molecule has 0 spiro atoms. The van der Waals surface area contributed by atoms with E-state index in [4.69, 9.17) is 0 Å². The predicted molar refractivity (Wildman–Crippen MR) is 94.7 cm³/mol. The zero-order chi connectivity index (χ0) is 17.4. The molecule has 0 unspecified atom stereocenters. The maximum atomic E-state index is 13.2. The van der Waals surface area contributed by atoms with Crippen LogP contribution in [0.1, 0.15) is 43.6 Å². The van der Waals surface area contributed by atoms with Gasteiger partial charge in [-0.3, -0.25) is 14.6 Å². The van der Waals surface area contributed by atoms with Gasteiger partial charge in [0.05, 0.1) is 29.2 Å². The highest BCUT2D eigenvalue weighted by Crippen LogP contribution is 2.43. The van der Waals surface area contributed by atoms with E-state index in [0.717, 1.165) is 16.5 Å². The van der Waals surface area contributed by atoms with Gasteiger partial charge < -0.3 is 0 Å². The summed E-state index contributed by atoms with van der Waals surface area (Å²) in [5.74, 6) is 0.303. The fraction of sp³-hybridized carbons (Fsp3) is 0.474. The first-order chi connectivity index (χ1) is 12.2. The smallest absolute Gasteiger partial charge is 0.229 e. The number of nitrogens with zero attached hydrogens (tertiary/aromatic N) is 3. The zero-order valence-corrected chi connectivity index (χ0v) is 14.8. The van der Waals surface area contributed by atoms with Crippen molar-refractivity contribution in [1.82, 2.24) is 9.80 Å². The maximum absolute atomic E-state index is 13.2. The number of hydrogen-bond acceptors (Lipinski definition) is 4. The highest BCUT2D eigenvalue weighted by atomic mass is 32.2. The first kappa shape index (κ1) is 16.6. The summed E-state index contributed by atoms with van der Waals surface area (Å²) in [5.41, 5.74) is 1.47. The second-order valence-corrected chi connectivity index (χ2v) is 7.84. The number of allylic oxidation sites excluding steroid dienone is 1. The normalized spacial score (nSPS) is 25.2. The van der Waals surface area contributed by atoms with Crippen molar-refractivity contribution < 1.29 is 9.18 Å². The molecule has 6 heteroatoms. The van der Waals surface area contributed by atoms with Gasteiger partial charge in [-0.15, -0.1) is 0 Å². The second kappa shape index (κ2) is 6.81. The van der Waals surface area contributed by atoms with E-state index in [9.17, 15) is 14.4 Å². The van der Waals surface area contributed by atoms with Crippen molar-refractivity contribution in [2.75, 3.05) is 12.5 Å².